The van der Waals surface area contributed by atoms with E-state index in [1.165, 1.54) is 11.1 Å². The molecule has 1 saturated carbocycles. The molecule has 2 N–H and O–H groups in total. The Morgan fingerprint density at radius 3 is 2.67 bits per heavy atom. The molecule has 9 nitrogen and oxygen atoms in total. The predicted octanol–water partition coefficient (Wildman–Crippen LogP) is 5.09. The van der Waals surface area contributed by atoms with Crippen LogP contribution >= 0.6 is 11.6 Å². The Morgan fingerprint density at radius 1 is 1.10 bits per heavy atom. The molecule has 2 fully saturated rings. The molecule has 48 heavy (non-hydrogen) atoms. The summed E-state index contributed by atoms with van der Waals surface area (Å²) in [6.07, 6.45) is 9.73. The summed E-state index contributed by atoms with van der Waals surface area (Å²) in [7, 11) is -4.02. The van der Waals surface area contributed by atoms with E-state index in [-0.39, 0.29) is 35.1 Å². The van der Waals surface area contributed by atoms with Crippen LogP contribution in [-0.2, 0) is 26.7 Å². The van der Waals surface area contributed by atoms with Gasteiger partial charge in [0.1, 0.15) is 5.75 Å². The number of fused-ring (bicyclic) bond motifs is 4. The van der Waals surface area contributed by atoms with Gasteiger partial charge in [-0.25, -0.2) is 13.1 Å². The van der Waals surface area contributed by atoms with Crippen LogP contribution in [0.5, 0.6) is 5.75 Å². The second-order valence-corrected chi connectivity index (χ2v) is 17.5. The maximum atomic E-state index is 13.6. The molecule has 2 aromatic carbocycles. The quantitative estimate of drug-likeness (QED) is 0.421. The number of aliphatic hydroxyl groups is 1. The van der Waals surface area contributed by atoms with Crippen LogP contribution in [0.25, 0.3) is 0 Å². The van der Waals surface area contributed by atoms with Crippen molar-refractivity contribution in [1.82, 2.24) is 9.62 Å². The molecule has 2 bridgehead atoms. The zero-order chi connectivity index (χ0) is 33.8. The van der Waals surface area contributed by atoms with Gasteiger partial charge in [-0.05, 0) is 111 Å². The van der Waals surface area contributed by atoms with E-state index in [0.717, 1.165) is 49.4 Å². The van der Waals surface area contributed by atoms with E-state index in [1.54, 1.807) is 30.0 Å². The van der Waals surface area contributed by atoms with Crippen molar-refractivity contribution in [2.24, 2.45) is 23.7 Å². The van der Waals surface area contributed by atoms with Gasteiger partial charge in [0.25, 0.3) is 5.91 Å². The topological polar surface area (TPSA) is 116 Å². The number of β-amino-alcohol motifs (C(OH)–C–C–N with tert-alkyl or cyclic N) is 1. The zero-order valence-electron chi connectivity index (χ0n) is 27.7. The first kappa shape index (κ1) is 33.4. The largest absolute Gasteiger partial charge is 0.490 e. The summed E-state index contributed by atoms with van der Waals surface area (Å²) in [6.45, 7) is 6.15. The molecule has 0 radical (unpaired) electrons. The highest BCUT2D eigenvalue weighted by Crippen LogP contribution is 2.46. The highest BCUT2D eigenvalue weighted by molar-refractivity contribution is 7.90. The number of benzene rings is 2. The predicted molar refractivity (Wildman–Crippen MR) is 186 cm³/mol. The molecule has 11 heteroatoms. The molecule has 258 valence electrons. The third kappa shape index (κ3) is 6.48. The van der Waals surface area contributed by atoms with E-state index in [0.29, 0.717) is 50.2 Å². The van der Waals surface area contributed by atoms with Crippen molar-refractivity contribution in [2.45, 2.75) is 75.6 Å². The van der Waals surface area contributed by atoms with E-state index < -0.39 is 27.3 Å². The van der Waals surface area contributed by atoms with Crippen LogP contribution in [0.2, 0.25) is 5.02 Å². The summed E-state index contributed by atoms with van der Waals surface area (Å²) >= 11 is 6.42. The van der Waals surface area contributed by atoms with Gasteiger partial charge in [-0.2, -0.15) is 0 Å². The van der Waals surface area contributed by atoms with E-state index >= 15 is 0 Å². The monoisotopic (exact) mass is 695 g/mol. The molecule has 0 aromatic heterocycles. The molecular formula is C37H46ClN3O6S. The fourth-order valence-electron chi connectivity index (χ4n) is 8.41. The Balaban J connectivity index is 1.24. The lowest BCUT2D eigenvalue weighted by molar-refractivity contribution is -0.142. The number of anilines is 1. The number of sulfonamides is 1. The van der Waals surface area contributed by atoms with Crippen molar-refractivity contribution in [2.75, 3.05) is 37.7 Å². The summed E-state index contributed by atoms with van der Waals surface area (Å²) < 4.78 is 36.0. The molecule has 2 aliphatic carbocycles. The summed E-state index contributed by atoms with van der Waals surface area (Å²) in [5, 5.41) is 9.62. The van der Waals surface area contributed by atoms with Gasteiger partial charge in [-0.3, -0.25) is 9.59 Å². The van der Waals surface area contributed by atoms with Gasteiger partial charge < -0.3 is 19.6 Å². The molecule has 2 aromatic rings. The number of hydrogen-bond acceptors (Lipinski definition) is 7. The molecule has 3 aliphatic heterocycles. The lowest BCUT2D eigenvalue weighted by Crippen LogP contribution is -2.53. The van der Waals surface area contributed by atoms with Gasteiger partial charge in [0.15, 0.2) is 0 Å². The van der Waals surface area contributed by atoms with Gasteiger partial charge >= 0.3 is 0 Å². The Kier molecular flexibility index (Phi) is 9.04. The average Bonchev–Trinajstić information content (AvgIpc) is 3.17. The third-order valence-corrected chi connectivity index (χ3v) is 13.9. The molecule has 7 rings (SSSR count). The number of aryl methyl sites for hydroxylation is 1. The van der Waals surface area contributed by atoms with Crippen LogP contribution in [0.15, 0.2) is 48.6 Å². The van der Waals surface area contributed by atoms with Crippen molar-refractivity contribution in [3.63, 3.8) is 0 Å². The Hall–Kier alpha value is -3.08. The summed E-state index contributed by atoms with van der Waals surface area (Å²) in [6, 6.07) is 11.4. The van der Waals surface area contributed by atoms with Crippen LogP contribution in [-0.4, -0.2) is 74.4 Å². The Bertz CT molecular complexity index is 1730. The molecule has 6 atom stereocenters. The number of hydrogen-bond donors (Lipinski definition) is 2. The van der Waals surface area contributed by atoms with Crippen LogP contribution in [0.4, 0.5) is 5.69 Å². The molecule has 0 unspecified atom stereocenters. The Labute approximate surface area is 288 Å². The Morgan fingerprint density at radius 2 is 1.92 bits per heavy atom. The van der Waals surface area contributed by atoms with Gasteiger partial charge in [0.2, 0.25) is 15.9 Å². The smallest absolute Gasteiger partial charge is 0.264 e. The first-order chi connectivity index (χ1) is 22.9. The van der Waals surface area contributed by atoms with E-state index in [4.69, 9.17) is 16.3 Å². The van der Waals surface area contributed by atoms with Gasteiger partial charge in [-0.15, -0.1) is 0 Å². The number of carbonyl (C=O) groups is 2. The van der Waals surface area contributed by atoms with E-state index in [2.05, 4.69) is 33.9 Å². The highest BCUT2D eigenvalue weighted by atomic mass is 35.5. The number of amides is 2. The standard InChI is InChI=1S/C37H46ClN3O6S/c1-23-14-25(15-35(43)40-19-31(42)20-40)5-6-26-7-8-29(26)18-41-21-37(13-3-4-27-16-30(38)10-11-32(27)37)22-47-34-12-9-28(17-33(34)41)36(44)39-48(45,46)24(23)2/h5-6,9-12,16-17,23-26,29,31,42H,3-4,7-8,13-15,18-22H2,1-2H3,(H,39,44)/b6-5+/t23-,24+,25+,26+,29-,37-/m0/s1. The van der Waals surface area contributed by atoms with E-state index in [9.17, 15) is 23.1 Å². The summed E-state index contributed by atoms with van der Waals surface area (Å²) in [5.74, 6) is 0.228. The number of nitrogens with one attached hydrogen (secondary N) is 1. The number of likely N-dealkylation sites (tertiary alicyclic amines) is 1. The SMILES string of the molecule is C[C@@H]1[C@@H](C)C[C@H](CC(=O)N2CC(O)C2)/C=C/[C@@H]2CC[C@H]2CN2C[C@@]3(CCCc4cc(Cl)ccc43)COc3ccc(cc32)C(=O)NS1(=O)=O. The highest BCUT2D eigenvalue weighted by Gasteiger charge is 2.43. The van der Waals surface area contributed by atoms with Crippen LogP contribution in [0.3, 0.4) is 0 Å². The number of allylic oxidation sites excluding steroid dienone is 2. The number of rotatable bonds is 2. The van der Waals surface area contributed by atoms with Crippen molar-refractivity contribution < 1.29 is 27.9 Å². The molecule has 1 saturated heterocycles. The maximum Gasteiger partial charge on any atom is 0.264 e. The summed E-state index contributed by atoms with van der Waals surface area (Å²) in [4.78, 5) is 30.7. The molecule has 2 amide bonds. The van der Waals surface area contributed by atoms with Crippen molar-refractivity contribution in [3.05, 3.63) is 70.3 Å². The normalized spacial score (nSPS) is 32.4. The van der Waals surface area contributed by atoms with Crippen LogP contribution < -0.4 is 14.4 Å². The molecule has 3 heterocycles. The number of halogens is 1. The fourth-order valence-corrected chi connectivity index (χ4v) is 9.89. The lowest BCUT2D eigenvalue weighted by Gasteiger charge is -2.44. The van der Waals surface area contributed by atoms with Crippen LogP contribution in [0.1, 0.15) is 73.9 Å². The minimum Gasteiger partial charge on any atom is -0.490 e. The molecule has 5 aliphatic rings. The van der Waals surface area contributed by atoms with Gasteiger partial charge in [0, 0.05) is 48.6 Å². The fraction of sp³-hybridized carbons (Fsp3) is 0.568. The molecule has 1 spiro atoms. The number of ether oxygens (including phenoxy) is 1. The summed E-state index contributed by atoms with van der Waals surface area (Å²) in [5.41, 5.74) is 3.33. The van der Waals surface area contributed by atoms with Crippen LogP contribution in [0, 0.1) is 23.7 Å². The van der Waals surface area contributed by atoms with Crippen molar-refractivity contribution in [3.8, 4) is 5.75 Å². The van der Waals surface area contributed by atoms with Crippen molar-refractivity contribution in [1.29, 1.82) is 0 Å². The van der Waals surface area contributed by atoms with Gasteiger partial charge in [-0.1, -0.05) is 36.7 Å². The zero-order valence-corrected chi connectivity index (χ0v) is 29.3. The second kappa shape index (κ2) is 13.0. The first-order valence-corrected chi connectivity index (χ1v) is 19.3. The molecular weight excluding hydrogens is 650 g/mol. The minimum absolute atomic E-state index is 0.0274. The van der Waals surface area contributed by atoms with E-state index in [1.807, 2.05) is 13.0 Å². The third-order valence-electron chi connectivity index (χ3n) is 11.7. The maximum absolute atomic E-state index is 13.6. The van der Waals surface area contributed by atoms with Crippen molar-refractivity contribution >= 4 is 39.1 Å². The second-order valence-electron chi connectivity index (χ2n) is 15.0. The average molecular weight is 696 g/mol. The van der Waals surface area contributed by atoms with Gasteiger partial charge in [0.05, 0.1) is 23.6 Å². The minimum atomic E-state index is -4.02. The number of nitrogens with zero attached hydrogens (tertiary/aromatic N) is 2. The number of aliphatic hydroxyl groups excluding tert-OH is 1. The first-order valence-electron chi connectivity index (χ1n) is 17.4. The lowest BCUT2D eigenvalue weighted by atomic mass is 9.69. The number of carbonyl (C=O) groups excluding carboxylic acids is 2.